The monoisotopic (exact) mass is 354 g/mol. The van der Waals surface area contributed by atoms with Crippen LogP contribution in [0.5, 0.6) is 0 Å². The van der Waals surface area contributed by atoms with Gasteiger partial charge < -0.3 is 5.32 Å². The number of pyridine rings is 1. The maximum atomic E-state index is 12.0. The minimum Gasteiger partial charge on any atom is -0.344 e. The van der Waals surface area contributed by atoms with Gasteiger partial charge in [0.25, 0.3) is 5.91 Å². The Morgan fingerprint density at radius 3 is 3.05 bits per heavy atom. The Hall–Kier alpha value is -1.38. The van der Waals surface area contributed by atoms with Gasteiger partial charge in [0, 0.05) is 11.6 Å². The number of carbonyl (C=O) groups excluding carboxylic acids is 1. The number of halogens is 1. The molecule has 0 aliphatic carbocycles. The van der Waals surface area contributed by atoms with E-state index in [-0.39, 0.29) is 5.91 Å². The molecule has 0 radical (unpaired) electrons. The molecule has 3 aromatic rings. The Labute approximate surface area is 124 Å². The highest BCUT2D eigenvalue weighted by molar-refractivity contribution is 9.11. The third-order valence-corrected chi connectivity index (χ3v) is 4.79. The lowest BCUT2D eigenvalue weighted by atomic mass is 10.4. The van der Waals surface area contributed by atoms with Crippen LogP contribution in [0.1, 0.15) is 15.5 Å². The zero-order chi connectivity index (χ0) is 13.2. The summed E-state index contributed by atoms with van der Waals surface area (Å²) in [4.78, 5) is 24.4. The van der Waals surface area contributed by atoms with E-state index in [9.17, 15) is 4.79 Å². The zero-order valence-electron chi connectivity index (χ0n) is 9.46. The van der Waals surface area contributed by atoms with Gasteiger partial charge in [-0.15, -0.1) is 22.7 Å². The molecule has 3 aromatic heterocycles. The van der Waals surface area contributed by atoms with Gasteiger partial charge in [-0.3, -0.25) is 9.78 Å². The number of hydrogen-bond donors (Lipinski definition) is 1. The van der Waals surface area contributed by atoms with Crippen molar-refractivity contribution in [2.45, 2.75) is 6.54 Å². The summed E-state index contributed by atoms with van der Waals surface area (Å²) >= 11 is 6.13. The fraction of sp³-hybridized carbons (Fsp3) is 0.0909. The van der Waals surface area contributed by atoms with Crippen LogP contribution < -0.4 is 5.32 Å². The van der Waals surface area contributed by atoms with Crippen molar-refractivity contribution in [3.63, 3.8) is 0 Å². The molecule has 0 spiro atoms. The summed E-state index contributed by atoms with van der Waals surface area (Å²) in [5.74, 6) is -0.190. The van der Waals surface area contributed by atoms with Gasteiger partial charge in [0.15, 0.2) is 8.92 Å². The van der Waals surface area contributed by atoms with Crippen LogP contribution in [0.15, 0.2) is 27.8 Å². The first-order valence-electron chi connectivity index (χ1n) is 5.31. The molecule has 0 aliphatic heterocycles. The summed E-state index contributed by atoms with van der Waals surface area (Å²) in [5, 5.41) is 5.14. The topological polar surface area (TPSA) is 67.8 Å². The fourth-order valence-corrected chi connectivity index (χ4v) is 3.38. The Kier molecular flexibility index (Phi) is 3.54. The van der Waals surface area contributed by atoms with Gasteiger partial charge >= 0.3 is 0 Å². The predicted octanol–water partition coefficient (Wildman–Crippen LogP) is 2.84. The van der Waals surface area contributed by atoms with Crippen LogP contribution in [-0.2, 0) is 6.54 Å². The minimum absolute atomic E-state index is 0.190. The second-order valence-electron chi connectivity index (χ2n) is 3.64. The molecule has 96 valence electrons. The lowest BCUT2D eigenvalue weighted by molar-refractivity contribution is 0.0950. The standard InChI is InChI=1S/C11H7BrN4OS2/c12-11-15-6(5-18-11)3-14-9(17)10-16-7-4-13-2-1-8(7)19-10/h1-2,4-5H,3H2,(H,14,17). The molecule has 0 aliphatic rings. The molecule has 0 bridgehead atoms. The van der Waals surface area contributed by atoms with Crippen molar-refractivity contribution < 1.29 is 4.79 Å². The lowest BCUT2D eigenvalue weighted by Gasteiger charge is -1.98. The second kappa shape index (κ2) is 5.32. The molecule has 0 unspecified atom stereocenters. The number of thiazole rings is 2. The van der Waals surface area contributed by atoms with Crippen molar-refractivity contribution in [1.82, 2.24) is 20.3 Å². The number of fused-ring (bicyclic) bond motifs is 1. The SMILES string of the molecule is O=C(NCc1csc(Br)n1)c1nc2cnccc2s1. The smallest absolute Gasteiger partial charge is 0.280 e. The molecule has 19 heavy (non-hydrogen) atoms. The maximum absolute atomic E-state index is 12.0. The first kappa shape index (κ1) is 12.6. The molecule has 0 saturated carbocycles. The van der Waals surface area contributed by atoms with Crippen molar-refractivity contribution in [3.8, 4) is 0 Å². The molecule has 8 heteroatoms. The summed E-state index contributed by atoms with van der Waals surface area (Å²) in [6, 6.07) is 1.85. The first-order valence-corrected chi connectivity index (χ1v) is 7.80. The summed E-state index contributed by atoms with van der Waals surface area (Å²) < 4.78 is 1.76. The van der Waals surface area contributed by atoms with Crippen LogP contribution in [0.4, 0.5) is 0 Å². The van der Waals surface area contributed by atoms with Crippen molar-refractivity contribution in [2.75, 3.05) is 0 Å². The average molecular weight is 355 g/mol. The lowest BCUT2D eigenvalue weighted by Crippen LogP contribution is -2.22. The highest BCUT2D eigenvalue weighted by Crippen LogP contribution is 2.20. The highest BCUT2D eigenvalue weighted by atomic mass is 79.9. The Morgan fingerprint density at radius 1 is 1.42 bits per heavy atom. The van der Waals surface area contributed by atoms with Crippen LogP contribution >= 0.6 is 38.6 Å². The van der Waals surface area contributed by atoms with Gasteiger partial charge in [0.2, 0.25) is 0 Å². The van der Waals surface area contributed by atoms with E-state index < -0.39 is 0 Å². The molecule has 5 nitrogen and oxygen atoms in total. The zero-order valence-corrected chi connectivity index (χ0v) is 12.7. The van der Waals surface area contributed by atoms with Gasteiger partial charge in [-0.2, -0.15) is 0 Å². The van der Waals surface area contributed by atoms with Crippen LogP contribution in [0.3, 0.4) is 0 Å². The van der Waals surface area contributed by atoms with E-state index in [1.165, 1.54) is 22.7 Å². The van der Waals surface area contributed by atoms with Gasteiger partial charge in [0.1, 0.15) is 5.52 Å². The average Bonchev–Trinajstić information content (AvgIpc) is 3.01. The van der Waals surface area contributed by atoms with E-state index in [0.29, 0.717) is 11.6 Å². The minimum atomic E-state index is -0.190. The molecule has 0 atom stereocenters. The van der Waals surface area contributed by atoms with Gasteiger partial charge in [-0.1, -0.05) is 0 Å². The maximum Gasteiger partial charge on any atom is 0.280 e. The normalized spacial score (nSPS) is 10.8. The van der Waals surface area contributed by atoms with Crippen molar-refractivity contribution >= 4 is 54.7 Å². The summed E-state index contributed by atoms with van der Waals surface area (Å²) in [6.45, 7) is 0.398. The van der Waals surface area contributed by atoms with Crippen molar-refractivity contribution in [2.24, 2.45) is 0 Å². The third kappa shape index (κ3) is 2.80. The Bertz CT molecular complexity index is 706. The highest BCUT2D eigenvalue weighted by Gasteiger charge is 2.12. The molecule has 3 rings (SSSR count). The molecule has 0 fully saturated rings. The summed E-state index contributed by atoms with van der Waals surface area (Å²) in [5.41, 5.74) is 1.57. The van der Waals surface area contributed by atoms with E-state index in [2.05, 4.69) is 36.2 Å². The third-order valence-electron chi connectivity index (χ3n) is 2.34. The van der Waals surface area contributed by atoms with E-state index in [1.54, 1.807) is 12.4 Å². The number of amides is 1. The van der Waals surface area contributed by atoms with E-state index in [1.807, 2.05) is 11.4 Å². The molecule has 1 N–H and O–H groups in total. The molecule has 3 heterocycles. The second-order valence-corrected chi connectivity index (χ2v) is 6.80. The number of aromatic nitrogens is 3. The molecule has 0 saturated heterocycles. The van der Waals surface area contributed by atoms with Gasteiger partial charge in [-0.25, -0.2) is 9.97 Å². The quantitative estimate of drug-likeness (QED) is 0.785. The van der Waals surface area contributed by atoms with E-state index >= 15 is 0 Å². The van der Waals surface area contributed by atoms with Crippen LogP contribution in [0.2, 0.25) is 0 Å². The van der Waals surface area contributed by atoms with Crippen molar-refractivity contribution in [3.05, 3.63) is 38.5 Å². The van der Waals surface area contributed by atoms with Crippen molar-refractivity contribution in [1.29, 1.82) is 0 Å². The van der Waals surface area contributed by atoms with Crippen LogP contribution in [-0.4, -0.2) is 20.9 Å². The summed E-state index contributed by atoms with van der Waals surface area (Å²) in [6.07, 6.45) is 3.34. The number of hydrogen-bond acceptors (Lipinski definition) is 6. The molecular formula is C11H7BrN4OS2. The van der Waals surface area contributed by atoms with E-state index in [4.69, 9.17) is 0 Å². The first-order chi connectivity index (χ1) is 9.22. The number of carbonyl (C=O) groups is 1. The number of rotatable bonds is 3. The molecule has 1 amide bonds. The van der Waals surface area contributed by atoms with E-state index in [0.717, 1.165) is 19.8 Å². The largest absolute Gasteiger partial charge is 0.344 e. The predicted molar refractivity (Wildman–Crippen MR) is 78.4 cm³/mol. The van der Waals surface area contributed by atoms with Crippen LogP contribution in [0.25, 0.3) is 10.2 Å². The number of nitrogens with one attached hydrogen (secondary N) is 1. The van der Waals surface area contributed by atoms with Crippen LogP contribution in [0, 0.1) is 0 Å². The molecular weight excluding hydrogens is 348 g/mol. The Morgan fingerprint density at radius 2 is 2.32 bits per heavy atom. The number of nitrogens with zero attached hydrogens (tertiary/aromatic N) is 3. The molecule has 0 aromatic carbocycles. The van der Waals surface area contributed by atoms with Gasteiger partial charge in [0.05, 0.1) is 23.1 Å². The fourth-order valence-electron chi connectivity index (χ4n) is 1.49. The van der Waals surface area contributed by atoms with Gasteiger partial charge in [-0.05, 0) is 22.0 Å². The summed E-state index contributed by atoms with van der Waals surface area (Å²) in [7, 11) is 0. The Balaban J connectivity index is 1.73.